The molecule has 0 saturated heterocycles. The Kier molecular flexibility index (Phi) is 5.36. The van der Waals surface area contributed by atoms with E-state index in [-0.39, 0.29) is 24.7 Å². The van der Waals surface area contributed by atoms with E-state index in [4.69, 9.17) is 0 Å². The first kappa shape index (κ1) is 14.2. The van der Waals surface area contributed by atoms with Crippen LogP contribution < -0.4 is 5.32 Å². The van der Waals surface area contributed by atoms with Crippen LogP contribution in [0.5, 0.6) is 0 Å². The maximum Gasteiger partial charge on any atom is 0.306 e. The van der Waals surface area contributed by atoms with E-state index in [9.17, 15) is 9.59 Å². The zero-order chi connectivity index (χ0) is 13.5. The van der Waals surface area contributed by atoms with Gasteiger partial charge in [-0.25, -0.2) is 0 Å². The van der Waals surface area contributed by atoms with Crippen molar-refractivity contribution in [2.45, 2.75) is 33.2 Å². The van der Waals surface area contributed by atoms with E-state index in [1.165, 1.54) is 18.2 Å². The molecular weight excluding hydrogens is 230 g/mol. The van der Waals surface area contributed by atoms with Crippen LogP contribution in [0.3, 0.4) is 0 Å². The monoisotopic (exact) mass is 249 g/mol. The Morgan fingerprint density at radius 2 is 1.89 bits per heavy atom. The Morgan fingerprint density at radius 1 is 1.17 bits per heavy atom. The molecule has 0 unspecified atom stereocenters. The standard InChI is InChI=1S/C14H19NO3/c1-10-4-5-12(8-11(10)2)9-15-13(16)6-7-14(17)18-3/h4-5,8H,6-7,9H2,1-3H3,(H,15,16). The van der Waals surface area contributed by atoms with Crippen molar-refractivity contribution in [2.75, 3.05) is 7.11 Å². The first-order valence-electron chi connectivity index (χ1n) is 5.92. The van der Waals surface area contributed by atoms with Crippen molar-refractivity contribution in [3.05, 3.63) is 34.9 Å². The van der Waals surface area contributed by atoms with Gasteiger partial charge in [0.2, 0.25) is 5.91 Å². The zero-order valence-electron chi connectivity index (χ0n) is 11.1. The van der Waals surface area contributed by atoms with Crippen molar-refractivity contribution in [2.24, 2.45) is 0 Å². The van der Waals surface area contributed by atoms with E-state index in [0.29, 0.717) is 6.54 Å². The number of amides is 1. The SMILES string of the molecule is COC(=O)CCC(=O)NCc1ccc(C)c(C)c1. The predicted octanol–water partition coefficient (Wildman–Crippen LogP) is 1.87. The molecule has 18 heavy (non-hydrogen) atoms. The van der Waals surface area contributed by atoms with Gasteiger partial charge in [-0.2, -0.15) is 0 Å². The molecule has 0 aliphatic carbocycles. The van der Waals surface area contributed by atoms with Crippen LogP contribution in [0.4, 0.5) is 0 Å². The summed E-state index contributed by atoms with van der Waals surface area (Å²) in [5, 5.41) is 2.78. The van der Waals surface area contributed by atoms with E-state index in [2.05, 4.69) is 16.1 Å². The lowest BCUT2D eigenvalue weighted by atomic mass is 10.1. The Morgan fingerprint density at radius 3 is 2.50 bits per heavy atom. The number of carbonyl (C=O) groups excluding carboxylic acids is 2. The van der Waals surface area contributed by atoms with Gasteiger partial charge in [0.15, 0.2) is 0 Å². The highest BCUT2D eigenvalue weighted by atomic mass is 16.5. The van der Waals surface area contributed by atoms with Gasteiger partial charge in [-0.05, 0) is 30.5 Å². The van der Waals surface area contributed by atoms with Crippen LogP contribution in [-0.2, 0) is 20.9 Å². The fourth-order valence-electron chi connectivity index (χ4n) is 1.52. The van der Waals surface area contributed by atoms with E-state index in [0.717, 1.165) is 5.56 Å². The van der Waals surface area contributed by atoms with Crippen LogP contribution in [-0.4, -0.2) is 19.0 Å². The molecule has 0 aliphatic rings. The average Bonchev–Trinajstić information content (AvgIpc) is 2.37. The first-order chi connectivity index (χ1) is 8.52. The summed E-state index contributed by atoms with van der Waals surface area (Å²) in [6.45, 7) is 4.58. The number of methoxy groups -OCH3 is 1. The second kappa shape index (κ2) is 6.79. The fraction of sp³-hybridized carbons (Fsp3) is 0.429. The van der Waals surface area contributed by atoms with E-state index < -0.39 is 0 Å². The molecule has 1 rings (SSSR count). The van der Waals surface area contributed by atoms with Crippen LogP contribution in [0.15, 0.2) is 18.2 Å². The number of carbonyl (C=O) groups is 2. The molecule has 0 aromatic heterocycles. The van der Waals surface area contributed by atoms with Crippen molar-refractivity contribution in [1.82, 2.24) is 5.32 Å². The van der Waals surface area contributed by atoms with Crippen molar-refractivity contribution >= 4 is 11.9 Å². The minimum absolute atomic E-state index is 0.120. The molecule has 0 saturated carbocycles. The molecular formula is C14H19NO3. The molecule has 1 amide bonds. The van der Waals surface area contributed by atoms with Crippen LogP contribution in [0.25, 0.3) is 0 Å². The summed E-state index contributed by atoms with van der Waals surface area (Å²) in [6.07, 6.45) is 0.284. The second-order valence-electron chi connectivity index (χ2n) is 4.27. The summed E-state index contributed by atoms with van der Waals surface area (Å²) in [4.78, 5) is 22.3. The smallest absolute Gasteiger partial charge is 0.306 e. The number of ether oxygens (including phenoxy) is 1. The average molecular weight is 249 g/mol. The Hall–Kier alpha value is -1.84. The number of aryl methyl sites for hydroxylation is 2. The van der Waals surface area contributed by atoms with Gasteiger partial charge in [0.05, 0.1) is 13.5 Å². The van der Waals surface area contributed by atoms with E-state index in [1.807, 2.05) is 26.0 Å². The zero-order valence-corrected chi connectivity index (χ0v) is 11.1. The van der Waals surface area contributed by atoms with Gasteiger partial charge in [-0.15, -0.1) is 0 Å². The van der Waals surface area contributed by atoms with Crippen LogP contribution in [0, 0.1) is 13.8 Å². The number of hydrogen-bond acceptors (Lipinski definition) is 3. The molecule has 0 radical (unpaired) electrons. The molecule has 1 N–H and O–H groups in total. The molecule has 4 heteroatoms. The van der Waals surface area contributed by atoms with Crippen LogP contribution in [0.2, 0.25) is 0 Å². The third kappa shape index (κ3) is 4.57. The van der Waals surface area contributed by atoms with E-state index >= 15 is 0 Å². The number of rotatable bonds is 5. The van der Waals surface area contributed by atoms with E-state index in [1.54, 1.807) is 0 Å². The summed E-state index contributed by atoms with van der Waals surface area (Å²) in [7, 11) is 1.31. The first-order valence-corrected chi connectivity index (χ1v) is 5.92. The molecule has 0 atom stereocenters. The van der Waals surface area contributed by atoms with Crippen LogP contribution >= 0.6 is 0 Å². The molecule has 1 aromatic carbocycles. The third-order valence-electron chi connectivity index (χ3n) is 2.84. The summed E-state index contributed by atoms with van der Waals surface area (Å²) < 4.78 is 4.47. The molecule has 0 aliphatic heterocycles. The Bertz CT molecular complexity index is 441. The lowest BCUT2D eigenvalue weighted by Gasteiger charge is -2.07. The molecule has 1 aromatic rings. The van der Waals surface area contributed by atoms with Crippen molar-refractivity contribution in [1.29, 1.82) is 0 Å². The maximum atomic E-state index is 11.5. The quantitative estimate of drug-likeness (QED) is 0.810. The summed E-state index contributed by atoms with van der Waals surface area (Å²) in [5.74, 6) is -0.505. The minimum atomic E-state index is -0.365. The molecule has 0 spiro atoms. The highest BCUT2D eigenvalue weighted by Gasteiger charge is 2.06. The lowest BCUT2D eigenvalue weighted by Crippen LogP contribution is -2.23. The molecule has 0 heterocycles. The Labute approximate surface area is 107 Å². The van der Waals surface area contributed by atoms with Gasteiger partial charge < -0.3 is 10.1 Å². The topological polar surface area (TPSA) is 55.4 Å². The van der Waals surface area contributed by atoms with Crippen molar-refractivity contribution in [3.63, 3.8) is 0 Å². The number of hydrogen-bond donors (Lipinski definition) is 1. The second-order valence-corrected chi connectivity index (χ2v) is 4.27. The maximum absolute atomic E-state index is 11.5. The third-order valence-corrected chi connectivity index (χ3v) is 2.84. The number of nitrogens with one attached hydrogen (secondary N) is 1. The van der Waals surface area contributed by atoms with Gasteiger partial charge in [-0.1, -0.05) is 18.2 Å². The number of esters is 1. The highest BCUT2D eigenvalue weighted by molar-refractivity contribution is 5.81. The molecule has 0 fully saturated rings. The fourth-order valence-corrected chi connectivity index (χ4v) is 1.52. The van der Waals surface area contributed by atoms with Crippen LogP contribution in [0.1, 0.15) is 29.5 Å². The van der Waals surface area contributed by atoms with Crippen molar-refractivity contribution < 1.29 is 14.3 Å². The molecule has 98 valence electrons. The predicted molar refractivity (Wildman–Crippen MR) is 69.0 cm³/mol. The molecule has 0 bridgehead atoms. The van der Waals surface area contributed by atoms with Gasteiger partial charge in [0, 0.05) is 13.0 Å². The lowest BCUT2D eigenvalue weighted by molar-refractivity contribution is -0.142. The summed E-state index contributed by atoms with van der Waals surface area (Å²) in [6, 6.07) is 6.07. The largest absolute Gasteiger partial charge is 0.469 e. The van der Waals surface area contributed by atoms with Gasteiger partial charge in [0.1, 0.15) is 0 Å². The van der Waals surface area contributed by atoms with Gasteiger partial charge >= 0.3 is 5.97 Å². The van der Waals surface area contributed by atoms with Crippen molar-refractivity contribution in [3.8, 4) is 0 Å². The Balaban J connectivity index is 2.38. The highest BCUT2D eigenvalue weighted by Crippen LogP contribution is 2.09. The van der Waals surface area contributed by atoms with Gasteiger partial charge in [-0.3, -0.25) is 9.59 Å². The summed E-state index contributed by atoms with van der Waals surface area (Å²) in [5.41, 5.74) is 3.50. The minimum Gasteiger partial charge on any atom is -0.469 e. The molecule has 4 nitrogen and oxygen atoms in total. The normalized spacial score (nSPS) is 9.94. The number of benzene rings is 1. The van der Waals surface area contributed by atoms with Gasteiger partial charge in [0.25, 0.3) is 0 Å². The summed E-state index contributed by atoms with van der Waals surface area (Å²) >= 11 is 0.